The molecule has 0 N–H and O–H groups in total. The van der Waals surface area contributed by atoms with Gasteiger partial charge in [0, 0.05) is 22.7 Å². The fraction of sp³-hybridized carbons (Fsp3) is 0.281. The van der Waals surface area contributed by atoms with E-state index in [2.05, 4.69) is 87.5 Å². The standard InChI is InChI=1S/C32H32FNO/c1-31(2,3)27-17-25(16-23-8-6-7-9-26(23)27)29-30-24(14-15-34-29)18-28(35-30)22-12-10-21(11-13-22)19-32(4,5)20-33/h6-18H,19-20H2,1-5H3. The minimum Gasteiger partial charge on any atom is -0.454 e. The molecule has 2 nitrogen and oxygen atoms in total. The van der Waals surface area contributed by atoms with Crippen molar-refractivity contribution in [3.05, 3.63) is 90.1 Å². The van der Waals surface area contributed by atoms with Gasteiger partial charge in [-0.1, -0.05) is 83.1 Å². The molecule has 35 heavy (non-hydrogen) atoms. The van der Waals surface area contributed by atoms with Crippen molar-refractivity contribution in [2.75, 3.05) is 6.67 Å². The van der Waals surface area contributed by atoms with Crippen LogP contribution in [0.2, 0.25) is 0 Å². The smallest absolute Gasteiger partial charge is 0.161 e. The molecule has 5 aromatic rings. The number of fused-ring (bicyclic) bond motifs is 2. The average Bonchev–Trinajstić information content (AvgIpc) is 3.27. The Kier molecular flexibility index (Phi) is 5.75. The summed E-state index contributed by atoms with van der Waals surface area (Å²) in [5.74, 6) is 0.808. The zero-order valence-electron chi connectivity index (χ0n) is 21.2. The van der Waals surface area contributed by atoms with E-state index in [0.29, 0.717) is 6.42 Å². The van der Waals surface area contributed by atoms with Crippen LogP contribution in [0.1, 0.15) is 45.7 Å². The fourth-order valence-electron chi connectivity index (χ4n) is 4.77. The summed E-state index contributed by atoms with van der Waals surface area (Å²) < 4.78 is 19.7. The van der Waals surface area contributed by atoms with Gasteiger partial charge in [0.1, 0.15) is 11.5 Å². The number of rotatable bonds is 5. The Hall–Kier alpha value is -3.46. The maximum Gasteiger partial charge on any atom is 0.161 e. The van der Waals surface area contributed by atoms with Crippen molar-refractivity contribution in [2.45, 2.75) is 46.5 Å². The van der Waals surface area contributed by atoms with E-state index in [-0.39, 0.29) is 17.5 Å². The molecule has 0 atom stereocenters. The van der Waals surface area contributed by atoms with Crippen LogP contribution in [0.25, 0.3) is 44.3 Å². The first-order valence-electron chi connectivity index (χ1n) is 12.2. The number of pyridine rings is 1. The van der Waals surface area contributed by atoms with Crippen molar-refractivity contribution in [1.82, 2.24) is 4.98 Å². The number of nitrogens with zero attached hydrogens (tertiary/aromatic N) is 1. The maximum atomic E-state index is 13.3. The summed E-state index contributed by atoms with van der Waals surface area (Å²) in [6.07, 6.45) is 2.56. The van der Waals surface area contributed by atoms with Gasteiger partial charge in [0.2, 0.25) is 0 Å². The Balaban J connectivity index is 1.58. The fourth-order valence-corrected chi connectivity index (χ4v) is 4.77. The second-order valence-corrected chi connectivity index (χ2v) is 11.4. The summed E-state index contributed by atoms with van der Waals surface area (Å²) in [6, 6.07) is 25.3. The van der Waals surface area contributed by atoms with Gasteiger partial charge in [0.05, 0.1) is 6.67 Å². The molecular weight excluding hydrogens is 433 g/mol. The average molecular weight is 466 g/mol. The zero-order valence-corrected chi connectivity index (χ0v) is 21.2. The molecule has 0 unspecified atom stereocenters. The number of hydrogen-bond acceptors (Lipinski definition) is 2. The molecule has 0 saturated carbocycles. The number of halogens is 1. The monoisotopic (exact) mass is 465 g/mol. The predicted octanol–water partition coefficient (Wildman–Crippen LogP) is 9.15. The molecule has 0 aliphatic rings. The third kappa shape index (κ3) is 4.60. The highest BCUT2D eigenvalue weighted by molar-refractivity contribution is 5.97. The quantitative estimate of drug-likeness (QED) is 0.259. The van der Waals surface area contributed by atoms with Gasteiger partial charge in [-0.15, -0.1) is 0 Å². The summed E-state index contributed by atoms with van der Waals surface area (Å²) in [4.78, 5) is 4.75. The van der Waals surface area contributed by atoms with E-state index in [4.69, 9.17) is 9.40 Å². The Labute approximate surface area is 206 Å². The highest BCUT2D eigenvalue weighted by Crippen LogP contribution is 2.38. The molecule has 3 aromatic carbocycles. The molecule has 2 heterocycles. The number of aromatic nitrogens is 1. The van der Waals surface area contributed by atoms with E-state index in [9.17, 15) is 4.39 Å². The molecule has 0 spiro atoms. The van der Waals surface area contributed by atoms with E-state index >= 15 is 0 Å². The number of hydrogen-bond donors (Lipinski definition) is 0. The summed E-state index contributed by atoms with van der Waals surface area (Å²) >= 11 is 0. The van der Waals surface area contributed by atoms with E-state index < -0.39 is 0 Å². The number of furan rings is 1. The van der Waals surface area contributed by atoms with Gasteiger partial charge in [0.15, 0.2) is 5.58 Å². The highest BCUT2D eigenvalue weighted by atomic mass is 19.1. The minimum absolute atomic E-state index is 0.00367. The van der Waals surface area contributed by atoms with Crippen LogP contribution in [0.5, 0.6) is 0 Å². The molecule has 5 rings (SSSR count). The molecule has 0 saturated heterocycles. The van der Waals surface area contributed by atoms with Crippen molar-refractivity contribution in [1.29, 1.82) is 0 Å². The summed E-state index contributed by atoms with van der Waals surface area (Å²) in [7, 11) is 0. The van der Waals surface area contributed by atoms with Crippen LogP contribution in [0, 0.1) is 5.41 Å². The van der Waals surface area contributed by atoms with E-state index in [1.165, 1.54) is 16.3 Å². The Morgan fingerprint density at radius 1 is 0.800 bits per heavy atom. The van der Waals surface area contributed by atoms with Gasteiger partial charge >= 0.3 is 0 Å². The molecular formula is C32H32FNO. The molecule has 2 aromatic heterocycles. The third-order valence-corrected chi connectivity index (χ3v) is 6.66. The Morgan fingerprint density at radius 3 is 2.26 bits per heavy atom. The van der Waals surface area contributed by atoms with Crippen LogP contribution in [-0.4, -0.2) is 11.7 Å². The molecule has 0 aliphatic heterocycles. The molecule has 0 bridgehead atoms. The minimum atomic E-state index is -0.354. The largest absolute Gasteiger partial charge is 0.454 e. The third-order valence-electron chi connectivity index (χ3n) is 6.66. The van der Waals surface area contributed by atoms with Gasteiger partial charge in [-0.2, -0.15) is 0 Å². The lowest BCUT2D eigenvalue weighted by molar-refractivity contribution is 0.256. The lowest BCUT2D eigenvalue weighted by Gasteiger charge is -2.22. The van der Waals surface area contributed by atoms with Crippen LogP contribution in [0.4, 0.5) is 4.39 Å². The van der Waals surface area contributed by atoms with Crippen LogP contribution in [-0.2, 0) is 11.8 Å². The van der Waals surface area contributed by atoms with Crippen molar-refractivity contribution < 1.29 is 8.81 Å². The normalized spacial score (nSPS) is 12.5. The molecule has 0 aliphatic carbocycles. The number of benzene rings is 3. The summed E-state index contributed by atoms with van der Waals surface area (Å²) in [6.45, 7) is 10.3. The van der Waals surface area contributed by atoms with E-state index in [0.717, 1.165) is 39.1 Å². The van der Waals surface area contributed by atoms with Gasteiger partial charge in [-0.05, 0) is 63.4 Å². The summed E-state index contributed by atoms with van der Waals surface area (Å²) in [5.41, 5.74) is 5.77. The highest BCUT2D eigenvalue weighted by Gasteiger charge is 2.21. The second kappa shape index (κ2) is 8.64. The molecule has 3 heteroatoms. The van der Waals surface area contributed by atoms with Crippen LogP contribution >= 0.6 is 0 Å². The van der Waals surface area contributed by atoms with Gasteiger partial charge < -0.3 is 4.42 Å². The molecule has 0 fully saturated rings. The predicted molar refractivity (Wildman–Crippen MR) is 145 cm³/mol. The van der Waals surface area contributed by atoms with Crippen molar-refractivity contribution in [2.24, 2.45) is 5.41 Å². The molecule has 0 radical (unpaired) electrons. The van der Waals surface area contributed by atoms with Gasteiger partial charge in [-0.3, -0.25) is 9.37 Å². The summed E-state index contributed by atoms with van der Waals surface area (Å²) in [5, 5.41) is 3.50. The first-order valence-corrected chi connectivity index (χ1v) is 12.2. The van der Waals surface area contributed by atoms with Crippen molar-refractivity contribution >= 4 is 21.7 Å². The molecule has 178 valence electrons. The van der Waals surface area contributed by atoms with E-state index in [1.54, 1.807) is 0 Å². The maximum absolute atomic E-state index is 13.3. The Morgan fingerprint density at radius 2 is 1.54 bits per heavy atom. The van der Waals surface area contributed by atoms with Crippen LogP contribution < -0.4 is 0 Å². The lowest BCUT2D eigenvalue weighted by Crippen LogP contribution is -2.17. The van der Waals surface area contributed by atoms with Gasteiger partial charge in [0.25, 0.3) is 0 Å². The topological polar surface area (TPSA) is 26.0 Å². The van der Waals surface area contributed by atoms with Crippen molar-refractivity contribution in [3.63, 3.8) is 0 Å². The van der Waals surface area contributed by atoms with Crippen LogP contribution in [0.15, 0.2) is 83.4 Å². The van der Waals surface area contributed by atoms with E-state index in [1.807, 2.05) is 26.1 Å². The first-order chi connectivity index (χ1) is 16.6. The van der Waals surface area contributed by atoms with Crippen LogP contribution in [0.3, 0.4) is 0 Å². The second-order valence-electron chi connectivity index (χ2n) is 11.4. The van der Waals surface area contributed by atoms with Crippen molar-refractivity contribution in [3.8, 4) is 22.6 Å². The number of alkyl halides is 1. The first kappa shape index (κ1) is 23.3. The Bertz CT molecular complexity index is 1500. The van der Waals surface area contributed by atoms with Gasteiger partial charge in [-0.25, -0.2) is 0 Å². The lowest BCUT2D eigenvalue weighted by atomic mass is 9.82. The molecule has 0 amide bonds. The SMILES string of the molecule is CC(C)(CF)Cc1ccc(-c2cc3ccnc(-c4cc(C(C)(C)C)c5ccccc5c4)c3o2)cc1. The zero-order chi connectivity index (χ0) is 24.8.